The van der Waals surface area contributed by atoms with E-state index in [1.807, 2.05) is 29.2 Å². The number of carbonyl (C=O) groups excluding carboxylic acids is 1. The molecule has 0 saturated heterocycles. The first kappa shape index (κ1) is 14.8. The van der Waals surface area contributed by atoms with Gasteiger partial charge in [-0.1, -0.05) is 55.8 Å². The molecular weight excluding hydrogens is 270 g/mol. The van der Waals surface area contributed by atoms with Crippen molar-refractivity contribution in [2.45, 2.75) is 45.7 Å². The van der Waals surface area contributed by atoms with Crippen LogP contribution in [0.1, 0.15) is 59.8 Å². The van der Waals surface area contributed by atoms with Gasteiger partial charge in [0.15, 0.2) is 0 Å². The standard InChI is InChI=1S/C20H23NO/c1-3-4-8-16-11-12-18-19(13-16)15(2)21(20(18)22)14-17-9-6-5-7-10-17/h5-7,9-13,15H,3-4,8,14H2,1-2H3. The molecule has 0 fully saturated rings. The van der Waals surface area contributed by atoms with Gasteiger partial charge in [0.2, 0.25) is 0 Å². The van der Waals surface area contributed by atoms with Crippen molar-refractivity contribution in [2.24, 2.45) is 0 Å². The third-order valence-corrected chi connectivity index (χ3v) is 4.54. The third kappa shape index (κ3) is 2.78. The van der Waals surface area contributed by atoms with Crippen molar-refractivity contribution >= 4 is 5.91 Å². The van der Waals surface area contributed by atoms with Gasteiger partial charge in [-0.25, -0.2) is 0 Å². The first-order valence-electron chi connectivity index (χ1n) is 8.18. The van der Waals surface area contributed by atoms with Crippen LogP contribution in [0.4, 0.5) is 0 Å². The highest BCUT2D eigenvalue weighted by atomic mass is 16.2. The lowest BCUT2D eigenvalue weighted by atomic mass is 9.99. The van der Waals surface area contributed by atoms with Gasteiger partial charge in [-0.3, -0.25) is 4.79 Å². The van der Waals surface area contributed by atoms with E-state index in [-0.39, 0.29) is 11.9 Å². The summed E-state index contributed by atoms with van der Waals surface area (Å²) in [4.78, 5) is 14.6. The van der Waals surface area contributed by atoms with E-state index < -0.39 is 0 Å². The lowest BCUT2D eigenvalue weighted by Crippen LogP contribution is -2.26. The predicted octanol–water partition coefficient (Wildman–Crippen LogP) is 4.75. The molecule has 1 heterocycles. The van der Waals surface area contributed by atoms with Gasteiger partial charge in [0.1, 0.15) is 0 Å². The van der Waals surface area contributed by atoms with Gasteiger partial charge in [-0.15, -0.1) is 0 Å². The Hall–Kier alpha value is -2.09. The topological polar surface area (TPSA) is 20.3 Å². The summed E-state index contributed by atoms with van der Waals surface area (Å²) >= 11 is 0. The number of unbranched alkanes of at least 4 members (excludes halogenated alkanes) is 1. The molecule has 22 heavy (non-hydrogen) atoms. The number of nitrogens with zero attached hydrogens (tertiary/aromatic N) is 1. The van der Waals surface area contributed by atoms with Crippen LogP contribution in [0.5, 0.6) is 0 Å². The molecule has 0 bridgehead atoms. The van der Waals surface area contributed by atoms with E-state index in [1.54, 1.807) is 0 Å². The molecular formula is C20H23NO. The Balaban J connectivity index is 1.83. The number of carbonyl (C=O) groups is 1. The lowest BCUT2D eigenvalue weighted by Gasteiger charge is -2.22. The Kier molecular flexibility index (Phi) is 4.28. The average Bonchev–Trinajstić information content (AvgIpc) is 2.79. The highest BCUT2D eigenvalue weighted by Crippen LogP contribution is 2.35. The summed E-state index contributed by atoms with van der Waals surface area (Å²) in [6, 6.07) is 16.7. The Labute approximate surface area is 132 Å². The second kappa shape index (κ2) is 6.35. The van der Waals surface area contributed by atoms with E-state index in [4.69, 9.17) is 0 Å². The zero-order chi connectivity index (χ0) is 15.5. The molecule has 114 valence electrons. The highest BCUT2D eigenvalue weighted by Gasteiger charge is 2.33. The van der Waals surface area contributed by atoms with Crippen LogP contribution in [0.15, 0.2) is 48.5 Å². The van der Waals surface area contributed by atoms with Crippen molar-refractivity contribution in [2.75, 3.05) is 0 Å². The van der Waals surface area contributed by atoms with E-state index in [9.17, 15) is 4.79 Å². The van der Waals surface area contributed by atoms with Crippen LogP contribution >= 0.6 is 0 Å². The number of aryl methyl sites for hydroxylation is 1. The number of hydrogen-bond acceptors (Lipinski definition) is 1. The predicted molar refractivity (Wildman–Crippen MR) is 89.8 cm³/mol. The minimum absolute atomic E-state index is 0.157. The molecule has 0 aliphatic carbocycles. The second-order valence-corrected chi connectivity index (χ2v) is 6.12. The summed E-state index contributed by atoms with van der Waals surface area (Å²) < 4.78 is 0. The van der Waals surface area contributed by atoms with Gasteiger partial charge in [0.05, 0.1) is 6.04 Å². The van der Waals surface area contributed by atoms with Crippen LogP contribution in [-0.4, -0.2) is 10.8 Å². The van der Waals surface area contributed by atoms with Crippen LogP contribution < -0.4 is 0 Å². The molecule has 2 nitrogen and oxygen atoms in total. The van der Waals surface area contributed by atoms with Crippen molar-refractivity contribution in [1.29, 1.82) is 0 Å². The maximum atomic E-state index is 12.7. The molecule has 1 aliphatic rings. The fraction of sp³-hybridized carbons (Fsp3) is 0.350. The number of fused-ring (bicyclic) bond motifs is 1. The first-order valence-corrected chi connectivity index (χ1v) is 8.18. The molecule has 0 spiro atoms. The molecule has 3 rings (SSSR count). The van der Waals surface area contributed by atoms with Gasteiger partial charge in [0, 0.05) is 12.1 Å². The number of hydrogen-bond donors (Lipinski definition) is 0. The summed E-state index contributed by atoms with van der Waals surface area (Å²) in [7, 11) is 0. The van der Waals surface area contributed by atoms with Crippen molar-refractivity contribution in [3.05, 3.63) is 70.8 Å². The van der Waals surface area contributed by atoms with E-state index >= 15 is 0 Å². The molecule has 2 heteroatoms. The summed E-state index contributed by atoms with van der Waals surface area (Å²) in [5.41, 5.74) is 4.60. The van der Waals surface area contributed by atoms with Crippen molar-refractivity contribution in [3.63, 3.8) is 0 Å². The van der Waals surface area contributed by atoms with Crippen LogP contribution in [0.2, 0.25) is 0 Å². The van der Waals surface area contributed by atoms with E-state index in [1.165, 1.54) is 29.5 Å². The van der Waals surface area contributed by atoms with Gasteiger partial charge in [0.25, 0.3) is 5.91 Å². The second-order valence-electron chi connectivity index (χ2n) is 6.12. The van der Waals surface area contributed by atoms with Gasteiger partial charge < -0.3 is 4.90 Å². The normalized spacial score (nSPS) is 16.9. The fourth-order valence-corrected chi connectivity index (χ4v) is 3.18. The summed E-state index contributed by atoms with van der Waals surface area (Å²) in [5.74, 6) is 0.161. The minimum atomic E-state index is 0.157. The van der Waals surface area contributed by atoms with Gasteiger partial charge in [-0.05, 0) is 42.5 Å². The van der Waals surface area contributed by atoms with E-state index in [0.29, 0.717) is 6.54 Å². The molecule has 1 aliphatic heterocycles. The van der Waals surface area contributed by atoms with E-state index in [0.717, 1.165) is 12.0 Å². The smallest absolute Gasteiger partial charge is 0.255 e. The Morgan fingerprint density at radius 1 is 1.05 bits per heavy atom. The Morgan fingerprint density at radius 2 is 1.82 bits per heavy atom. The Bertz CT molecular complexity index is 663. The molecule has 0 aromatic heterocycles. The van der Waals surface area contributed by atoms with Crippen molar-refractivity contribution < 1.29 is 4.79 Å². The van der Waals surface area contributed by atoms with Crippen LogP contribution in [0.25, 0.3) is 0 Å². The average molecular weight is 293 g/mol. The van der Waals surface area contributed by atoms with Crippen LogP contribution in [-0.2, 0) is 13.0 Å². The van der Waals surface area contributed by atoms with Crippen LogP contribution in [0.3, 0.4) is 0 Å². The van der Waals surface area contributed by atoms with Gasteiger partial charge >= 0.3 is 0 Å². The number of amides is 1. The largest absolute Gasteiger partial charge is 0.328 e. The van der Waals surface area contributed by atoms with Crippen molar-refractivity contribution in [1.82, 2.24) is 4.90 Å². The van der Waals surface area contributed by atoms with Crippen LogP contribution in [0, 0.1) is 0 Å². The zero-order valence-electron chi connectivity index (χ0n) is 13.4. The quantitative estimate of drug-likeness (QED) is 0.779. The van der Waals surface area contributed by atoms with Gasteiger partial charge in [-0.2, -0.15) is 0 Å². The summed E-state index contributed by atoms with van der Waals surface area (Å²) in [5, 5.41) is 0. The molecule has 1 atom stereocenters. The van der Waals surface area contributed by atoms with E-state index in [2.05, 4.69) is 38.1 Å². The fourth-order valence-electron chi connectivity index (χ4n) is 3.18. The van der Waals surface area contributed by atoms with Crippen molar-refractivity contribution in [3.8, 4) is 0 Å². The minimum Gasteiger partial charge on any atom is -0.328 e. The maximum Gasteiger partial charge on any atom is 0.255 e. The lowest BCUT2D eigenvalue weighted by molar-refractivity contribution is 0.0723. The molecule has 2 aromatic rings. The molecule has 1 amide bonds. The third-order valence-electron chi connectivity index (χ3n) is 4.54. The molecule has 1 unspecified atom stereocenters. The Morgan fingerprint density at radius 3 is 2.55 bits per heavy atom. The summed E-state index contributed by atoms with van der Waals surface area (Å²) in [6.45, 7) is 5.02. The summed E-state index contributed by atoms with van der Waals surface area (Å²) in [6.07, 6.45) is 3.50. The molecule has 2 aromatic carbocycles. The monoisotopic (exact) mass is 293 g/mol. The molecule has 0 N–H and O–H groups in total. The molecule has 0 radical (unpaired) electrons. The number of benzene rings is 2. The molecule has 0 saturated carbocycles. The first-order chi connectivity index (χ1) is 10.7. The SMILES string of the molecule is CCCCc1ccc2c(c1)C(C)N(Cc1ccccc1)C2=O. The number of rotatable bonds is 5. The zero-order valence-corrected chi connectivity index (χ0v) is 13.4. The maximum absolute atomic E-state index is 12.7. The highest BCUT2D eigenvalue weighted by molar-refractivity contribution is 5.99.